The highest BCUT2D eigenvalue weighted by Crippen LogP contribution is 2.67. The second-order valence-electron chi connectivity index (χ2n) is 11.8. The fraction of sp³-hybridized carbons (Fsp3) is 0.643. The molecule has 6 rings (SSSR count). The molecule has 4 aliphatic rings. The van der Waals surface area contributed by atoms with Gasteiger partial charge in [0.05, 0.1) is 17.7 Å². The number of benzene rings is 1. The molecular formula is C28H37NO2. The molecule has 2 N–H and O–H groups in total. The Kier molecular flexibility index (Phi) is 4.34. The van der Waals surface area contributed by atoms with E-state index in [2.05, 4.69) is 67.9 Å². The minimum absolute atomic E-state index is 0.237. The van der Waals surface area contributed by atoms with Gasteiger partial charge in [-0.2, -0.15) is 0 Å². The summed E-state index contributed by atoms with van der Waals surface area (Å²) in [5.74, 6) is 2.40. The quantitative estimate of drug-likeness (QED) is 0.622. The molecule has 0 spiro atoms. The maximum Gasteiger partial charge on any atom is 0.0654 e. The Morgan fingerprint density at radius 2 is 1.81 bits per heavy atom. The summed E-state index contributed by atoms with van der Waals surface area (Å²) in [6.45, 7) is 7.14. The Morgan fingerprint density at radius 1 is 1.00 bits per heavy atom. The molecule has 3 nitrogen and oxygen atoms in total. The maximum absolute atomic E-state index is 11.7. The highest BCUT2D eigenvalue weighted by atomic mass is 16.3. The van der Waals surface area contributed by atoms with Gasteiger partial charge in [-0.25, -0.2) is 0 Å². The molecule has 3 heteroatoms. The van der Waals surface area contributed by atoms with Gasteiger partial charge in [0.1, 0.15) is 0 Å². The largest absolute Gasteiger partial charge is 0.393 e. The zero-order valence-electron chi connectivity index (χ0n) is 19.2. The molecule has 9 atom stereocenters. The first-order valence-corrected chi connectivity index (χ1v) is 12.5. The molecule has 0 saturated heterocycles. The first-order valence-electron chi connectivity index (χ1n) is 12.5. The van der Waals surface area contributed by atoms with Crippen LogP contribution < -0.4 is 0 Å². The molecule has 0 bridgehead atoms. The Hall–Kier alpha value is -1.58. The molecule has 0 radical (unpaired) electrons. The first-order chi connectivity index (χ1) is 14.8. The number of hydrogen-bond donors (Lipinski definition) is 2. The molecule has 4 aliphatic carbocycles. The van der Waals surface area contributed by atoms with Crippen LogP contribution in [0, 0.1) is 40.4 Å². The van der Waals surface area contributed by atoms with E-state index >= 15 is 0 Å². The van der Waals surface area contributed by atoms with Crippen LogP contribution in [0.25, 0.3) is 16.6 Å². The van der Waals surface area contributed by atoms with Crippen LogP contribution in [-0.4, -0.2) is 27.0 Å². The van der Waals surface area contributed by atoms with E-state index in [9.17, 15) is 10.2 Å². The van der Waals surface area contributed by atoms with Crippen LogP contribution in [0.3, 0.4) is 0 Å². The minimum Gasteiger partial charge on any atom is -0.393 e. The zero-order valence-corrected chi connectivity index (χ0v) is 19.2. The summed E-state index contributed by atoms with van der Waals surface area (Å²) in [7, 11) is 0. The lowest BCUT2D eigenvalue weighted by atomic mass is 9.43. The van der Waals surface area contributed by atoms with Crippen molar-refractivity contribution in [3.63, 3.8) is 0 Å². The summed E-state index contributed by atoms with van der Waals surface area (Å²) in [6.07, 6.45) is 10.5. The Balaban J connectivity index is 1.40. The molecule has 1 aromatic carbocycles. The van der Waals surface area contributed by atoms with Crippen molar-refractivity contribution in [2.45, 2.75) is 71.5 Å². The molecule has 3 saturated carbocycles. The smallest absolute Gasteiger partial charge is 0.0654 e. The predicted molar refractivity (Wildman–Crippen MR) is 125 cm³/mol. The third-order valence-corrected chi connectivity index (χ3v) is 10.5. The maximum atomic E-state index is 11.7. The van der Waals surface area contributed by atoms with Gasteiger partial charge < -0.3 is 14.8 Å². The summed E-state index contributed by atoms with van der Waals surface area (Å²) in [5, 5.41) is 24.4. The second-order valence-corrected chi connectivity index (χ2v) is 11.8. The van der Waals surface area contributed by atoms with Crippen molar-refractivity contribution in [2.24, 2.45) is 40.4 Å². The van der Waals surface area contributed by atoms with Crippen LogP contribution in [0.4, 0.5) is 0 Å². The normalized spacial score (nSPS) is 46.9. The lowest BCUT2D eigenvalue weighted by Crippen LogP contribution is -2.61. The van der Waals surface area contributed by atoms with E-state index in [1.165, 1.54) is 35.9 Å². The first kappa shape index (κ1) is 20.1. The van der Waals surface area contributed by atoms with Gasteiger partial charge in [0.2, 0.25) is 0 Å². The van der Waals surface area contributed by atoms with Crippen molar-refractivity contribution in [3.8, 4) is 0 Å². The summed E-state index contributed by atoms with van der Waals surface area (Å²) >= 11 is 0. The standard InChI is InChI=1S/C28H37NO2/c1-17-10-12-27(2)19(14-17)15-23(30)26-20-8-9-24(28(20,3)25(31)16-21(26)27)29-13-11-18-6-4-5-7-22(18)29/h4-7,9,11,13,17,19-21,23,25-26,30-31H,8,10,12,14-16H2,1-3H3/t17-,19+,20?,21?,23?,25?,26?,27+,28+/m1/s1. The molecular weight excluding hydrogens is 382 g/mol. The average Bonchev–Trinajstić information content (AvgIpc) is 3.32. The van der Waals surface area contributed by atoms with Crippen molar-refractivity contribution >= 4 is 16.6 Å². The number of fused-ring (bicyclic) bond motifs is 6. The number of rotatable bonds is 1. The van der Waals surface area contributed by atoms with E-state index in [-0.39, 0.29) is 23.0 Å². The fourth-order valence-electron chi connectivity index (χ4n) is 8.62. The summed E-state index contributed by atoms with van der Waals surface area (Å²) in [6, 6.07) is 10.7. The highest BCUT2D eigenvalue weighted by Gasteiger charge is 2.64. The Morgan fingerprint density at radius 3 is 2.65 bits per heavy atom. The molecule has 31 heavy (non-hydrogen) atoms. The summed E-state index contributed by atoms with van der Waals surface area (Å²) < 4.78 is 2.31. The fourth-order valence-corrected chi connectivity index (χ4v) is 8.62. The van der Waals surface area contributed by atoms with Gasteiger partial charge in [0.15, 0.2) is 0 Å². The van der Waals surface area contributed by atoms with E-state index in [4.69, 9.17) is 0 Å². The van der Waals surface area contributed by atoms with Crippen molar-refractivity contribution in [3.05, 3.63) is 42.6 Å². The van der Waals surface area contributed by atoms with Crippen LogP contribution >= 0.6 is 0 Å². The van der Waals surface area contributed by atoms with Gasteiger partial charge in [-0.3, -0.25) is 0 Å². The van der Waals surface area contributed by atoms with E-state index in [1.54, 1.807) is 0 Å². The second kappa shape index (κ2) is 6.71. The highest BCUT2D eigenvalue weighted by molar-refractivity contribution is 5.84. The molecule has 0 aliphatic heterocycles. The number of para-hydroxylation sites is 1. The Labute approximate surface area is 186 Å². The summed E-state index contributed by atoms with van der Waals surface area (Å²) in [4.78, 5) is 0. The third kappa shape index (κ3) is 2.60. The van der Waals surface area contributed by atoms with Crippen molar-refractivity contribution in [1.82, 2.24) is 4.57 Å². The molecule has 1 aromatic heterocycles. The monoisotopic (exact) mass is 419 g/mol. The molecule has 2 aromatic rings. The van der Waals surface area contributed by atoms with Crippen LogP contribution in [0.2, 0.25) is 0 Å². The van der Waals surface area contributed by atoms with Gasteiger partial charge >= 0.3 is 0 Å². The topological polar surface area (TPSA) is 45.4 Å². The number of allylic oxidation sites excluding steroid dienone is 1. The average molecular weight is 420 g/mol. The summed E-state index contributed by atoms with van der Waals surface area (Å²) in [5.41, 5.74) is 2.40. The van der Waals surface area contributed by atoms with E-state index in [0.29, 0.717) is 23.7 Å². The van der Waals surface area contributed by atoms with Gasteiger partial charge in [0.25, 0.3) is 0 Å². The van der Waals surface area contributed by atoms with E-state index in [1.807, 2.05) is 0 Å². The molecule has 0 amide bonds. The lowest BCUT2D eigenvalue weighted by molar-refractivity contribution is -0.185. The number of nitrogens with zero attached hydrogens (tertiary/aromatic N) is 1. The number of aromatic nitrogens is 1. The number of hydrogen-bond acceptors (Lipinski definition) is 2. The van der Waals surface area contributed by atoms with Crippen LogP contribution in [-0.2, 0) is 0 Å². The van der Waals surface area contributed by atoms with E-state index in [0.717, 1.165) is 25.2 Å². The number of aliphatic hydroxyl groups is 2. The Bertz CT molecular complexity index is 1040. The molecule has 166 valence electrons. The van der Waals surface area contributed by atoms with Gasteiger partial charge in [0, 0.05) is 17.3 Å². The van der Waals surface area contributed by atoms with Gasteiger partial charge in [-0.15, -0.1) is 0 Å². The number of aliphatic hydroxyl groups excluding tert-OH is 2. The van der Waals surface area contributed by atoms with Gasteiger partial charge in [-0.05, 0) is 84.6 Å². The zero-order chi connectivity index (χ0) is 21.5. The predicted octanol–water partition coefficient (Wildman–Crippen LogP) is 5.71. The molecule has 1 heterocycles. The molecule has 5 unspecified atom stereocenters. The van der Waals surface area contributed by atoms with Crippen LogP contribution in [0.5, 0.6) is 0 Å². The minimum atomic E-state index is -0.365. The molecule has 3 fully saturated rings. The van der Waals surface area contributed by atoms with Crippen LogP contribution in [0.1, 0.15) is 59.3 Å². The van der Waals surface area contributed by atoms with Crippen LogP contribution in [0.15, 0.2) is 42.6 Å². The van der Waals surface area contributed by atoms with Crippen molar-refractivity contribution < 1.29 is 10.2 Å². The van der Waals surface area contributed by atoms with Crippen molar-refractivity contribution in [1.29, 1.82) is 0 Å². The van der Waals surface area contributed by atoms with Crippen molar-refractivity contribution in [2.75, 3.05) is 0 Å². The SMILES string of the molecule is C[C@@H]1CC[C@]2(C)C3CC(O)[C@]4(C)C(n5ccc6ccccc65)=CCC4C3C(O)C[C@@H]2C1. The lowest BCUT2D eigenvalue weighted by Gasteiger charge is -2.63. The van der Waals surface area contributed by atoms with E-state index < -0.39 is 0 Å². The van der Waals surface area contributed by atoms with Gasteiger partial charge in [-0.1, -0.05) is 51.5 Å². The third-order valence-electron chi connectivity index (χ3n) is 10.5.